The van der Waals surface area contributed by atoms with Gasteiger partial charge in [0.25, 0.3) is 5.91 Å². The van der Waals surface area contributed by atoms with E-state index in [2.05, 4.69) is 26.1 Å². The number of aryl methyl sites for hydroxylation is 1. The first-order valence-corrected chi connectivity index (χ1v) is 7.93. The number of carbonyl (C=O) groups excluding carboxylic acids is 1. The summed E-state index contributed by atoms with van der Waals surface area (Å²) in [7, 11) is 0. The van der Waals surface area contributed by atoms with Gasteiger partial charge in [-0.2, -0.15) is 0 Å². The fraction of sp³-hybridized carbons (Fsp3) is 0.611. The SMILES string of the molecule is Cc1cccc(C(=O)NC2CC3CCC2(C)C3(C)C)c1N. The minimum absolute atomic E-state index is 0.0224. The molecule has 0 saturated heterocycles. The van der Waals surface area contributed by atoms with Crippen LogP contribution in [0.2, 0.25) is 0 Å². The van der Waals surface area contributed by atoms with E-state index in [9.17, 15) is 4.79 Å². The van der Waals surface area contributed by atoms with Crippen LogP contribution >= 0.6 is 0 Å². The Morgan fingerprint density at radius 3 is 2.62 bits per heavy atom. The second-order valence-electron chi connectivity index (χ2n) is 7.67. The van der Waals surface area contributed by atoms with E-state index in [0.717, 1.165) is 17.9 Å². The minimum Gasteiger partial charge on any atom is -0.398 e. The topological polar surface area (TPSA) is 55.1 Å². The Balaban J connectivity index is 1.82. The van der Waals surface area contributed by atoms with Gasteiger partial charge >= 0.3 is 0 Å². The van der Waals surface area contributed by atoms with Crippen molar-refractivity contribution in [2.24, 2.45) is 16.7 Å². The summed E-state index contributed by atoms with van der Waals surface area (Å²) < 4.78 is 0. The summed E-state index contributed by atoms with van der Waals surface area (Å²) in [6, 6.07) is 5.91. The molecule has 3 nitrogen and oxygen atoms in total. The number of para-hydroxylation sites is 1. The molecule has 2 bridgehead atoms. The van der Waals surface area contributed by atoms with Crippen molar-refractivity contribution in [1.82, 2.24) is 5.32 Å². The van der Waals surface area contributed by atoms with E-state index in [-0.39, 0.29) is 17.4 Å². The van der Waals surface area contributed by atoms with E-state index in [1.807, 2.05) is 25.1 Å². The number of hydrogen-bond donors (Lipinski definition) is 2. The van der Waals surface area contributed by atoms with Crippen molar-refractivity contribution < 1.29 is 4.79 Å². The van der Waals surface area contributed by atoms with Crippen molar-refractivity contribution in [3.8, 4) is 0 Å². The maximum absolute atomic E-state index is 12.6. The Morgan fingerprint density at radius 2 is 2.05 bits per heavy atom. The molecule has 2 saturated carbocycles. The molecule has 2 aliphatic rings. The highest BCUT2D eigenvalue weighted by molar-refractivity contribution is 5.99. The van der Waals surface area contributed by atoms with Crippen molar-refractivity contribution in [3.05, 3.63) is 29.3 Å². The first kappa shape index (κ1) is 14.4. The van der Waals surface area contributed by atoms with E-state index in [0.29, 0.717) is 16.7 Å². The summed E-state index contributed by atoms with van der Waals surface area (Å²) in [6.07, 6.45) is 3.60. The van der Waals surface area contributed by atoms with Crippen LogP contribution < -0.4 is 11.1 Å². The van der Waals surface area contributed by atoms with Gasteiger partial charge in [0.2, 0.25) is 0 Å². The molecule has 0 radical (unpaired) electrons. The summed E-state index contributed by atoms with van der Waals surface area (Å²) >= 11 is 0. The zero-order valence-electron chi connectivity index (χ0n) is 13.5. The zero-order valence-corrected chi connectivity index (χ0v) is 13.5. The summed E-state index contributed by atoms with van der Waals surface area (Å²) in [5.74, 6) is 0.702. The van der Waals surface area contributed by atoms with E-state index < -0.39 is 0 Å². The molecule has 0 heterocycles. The zero-order chi connectivity index (χ0) is 15.4. The molecular weight excluding hydrogens is 260 g/mol. The van der Waals surface area contributed by atoms with Gasteiger partial charge in [0.05, 0.1) is 5.56 Å². The highest BCUT2D eigenvalue weighted by Crippen LogP contribution is 2.65. The molecule has 0 spiro atoms. The van der Waals surface area contributed by atoms with Gasteiger partial charge in [-0.1, -0.05) is 32.9 Å². The third-order valence-corrected chi connectivity index (χ3v) is 6.67. The van der Waals surface area contributed by atoms with Gasteiger partial charge in [0.15, 0.2) is 0 Å². The van der Waals surface area contributed by atoms with Gasteiger partial charge in [-0.25, -0.2) is 0 Å². The molecule has 1 amide bonds. The van der Waals surface area contributed by atoms with Gasteiger partial charge in [-0.05, 0) is 54.6 Å². The third kappa shape index (κ3) is 1.90. The molecule has 3 atom stereocenters. The molecule has 1 aromatic rings. The number of anilines is 1. The summed E-state index contributed by atoms with van der Waals surface area (Å²) in [6.45, 7) is 8.99. The van der Waals surface area contributed by atoms with Crippen LogP contribution in [0.15, 0.2) is 18.2 Å². The largest absolute Gasteiger partial charge is 0.398 e. The summed E-state index contributed by atoms with van der Waals surface area (Å²) in [5.41, 5.74) is 8.74. The Bertz CT molecular complexity index is 593. The lowest BCUT2D eigenvalue weighted by atomic mass is 9.69. The lowest BCUT2D eigenvalue weighted by molar-refractivity contribution is 0.0827. The number of nitrogens with two attached hydrogens (primary N) is 1. The molecule has 21 heavy (non-hydrogen) atoms. The van der Waals surface area contributed by atoms with Crippen LogP contribution in [0.5, 0.6) is 0 Å². The standard InChI is InChI=1S/C18H26N2O/c1-11-6-5-7-13(15(11)19)16(21)20-14-10-12-8-9-18(14,4)17(12,2)3/h5-7,12,14H,8-10,19H2,1-4H3,(H,20,21). The number of carbonyl (C=O) groups is 1. The lowest BCUT2D eigenvalue weighted by Crippen LogP contribution is -2.47. The Morgan fingerprint density at radius 1 is 1.33 bits per heavy atom. The van der Waals surface area contributed by atoms with Crippen molar-refractivity contribution in [1.29, 1.82) is 0 Å². The second-order valence-corrected chi connectivity index (χ2v) is 7.67. The van der Waals surface area contributed by atoms with E-state index in [1.165, 1.54) is 12.8 Å². The quantitative estimate of drug-likeness (QED) is 0.817. The van der Waals surface area contributed by atoms with Crippen LogP contribution in [0.3, 0.4) is 0 Å². The maximum Gasteiger partial charge on any atom is 0.253 e. The smallest absolute Gasteiger partial charge is 0.253 e. The van der Waals surface area contributed by atoms with Gasteiger partial charge in [0, 0.05) is 11.7 Å². The monoisotopic (exact) mass is 286 g/mol. The number of benzene rings is 1. The molecule has 3 N–H and O–H groups in total. The Hall–Kier alpha value is -1.51. The molecule has 3 rings (SSSR count). The van der Waals surface area contributed by atoms with E-state index >= 15 is 0 Å². The van der Waals surface area contributed by atoms with Crippen LogP contribution in [0.25, 0.3) is 0 Å². The van der Waals surface area contributed by atoms with Gasteiger partial charge < -0.3 is 11.1 Å². The van der Waals surface area contributed by atoms with Crippen molar-refractivity contribution >= 4 is 11.6 Å². The molecule has 0 aliphatic heterocycles. The number of hydrogen-bond acceptors (Lipinski definition) is 2. The fourth-order valence-corrected chi connectivity index (χ4v) is 4.54. The average molecular weight is 286 g/mol. The number of rotatable bonds is 2. The van der Waals surface area contributed by atoms with Gasteiger partial charge in [-0.15, -0.1) is 0 Å². The molecule has 3 heteroatoms. The Kier molecular flexibility index (Phi) is 3.09. The number of fused-ring (bicyclic) bond motifs is 2. The van der Waals surface area contributed by atoms with Crippen molar-refractivity contribution in [2.75, 3.05) is 5.73 Å². The van der Waals surface area contributed by atoms with Gasteiger partial charge in [0.1, 0.15) is 0 Å². The molecule has 2 aliphatic carbocycles. The Labute approximate surface area is 127 Å². The summed E-state index contributed by atoms with van der Waals surface area (Å²) in [5, 5.41) is 3.27. The van der Waals surface area contributed by atoms with Crippen LogP contribution in [0, 0.1) is 23.7 Å². The number of amides is 1. The first-order valence-electron chi connectivity index (χ1n) is 7.93. The highest BCUT2D eigenvalue weighted by Gasteiger charge is 2.61. The third-order valence-electron chi connectivity index (χ3n) is 6.67. The number of nitrogen functional groups attached to an aromatic ring is 1. The number of nitrogens with one attached hydrogen (secondary N) is 1. The summed E-state index contributed by atoms with van der Waals surface area (Å²) in [4.78, 5) is 12.6. The average Bonchev–Trinajstić information content (AvgIpc) is 2.75. The predicted molar refractivity (Wildman–Crippen MR) is 86.1 cm³/mol. The van der Waals surface area contributed by atoms with Crippen molar-refractivity contribution in [2.45, 2.75) is 53.0 Å². The van der Waals surface area contributed by atoms with E-state index in [1.54, 1.807) is 0 Å². The van der Waals surface area contributed by atoms with E-state index in [4.69, 9.17) is 5.73 Å². The molecule has 114 valence electrons. The van der Waals surface area contributed by atoms with Crippen LogP contribution in [0.4, 0.5) is 5.69 Å². The predicted octanol–water partition coefficient (Wildman–Crippen LogP) is 3.52. The minimum atomic E-state index is -0.0224. The normalized spacial score (nSPS) is 33.1. The molecule has 2 fully saturated rings. The second kappa shape index (κ2) is 4.49. The fourth-order valence-electron chi connectivity index (χ4n) is 4.54. The molecular formula is C18H26N2O. The lowest BCUT2D eigenvalue weighted by Gasteiger charge is -2.39. The van der Waals surface area contributed by atoms with Crippen LogP contribution in [-0.4, -0.2) is 11.9 Å². The van der Waals surface area contributed by atoms with Gasteiger partial charge in [-0.3, -0.25) is 4.79 Å². The van der Waals surface area contributed by atoms with Crippen molar-refractivity contribution in [3.63, 3.8) is 0 Å². The molecule has 3 unspecified atom stereocenters. The molecule has 1 aromatic carbocycles. The van der Waals surface area contributed by atoms with Crippen LogP contribution in [0.1, 0.15) is 56.0 Å². The first-order chi connectivity index (χ1) is 9.77. The maximum atomic E-state index is 12.6. The van der Waals surface area contributed by atoms with Crippen LogP contribution in [-0.2, 0) is 0 Å². The molecule has 0 aromatic heterocycles. The highest BCUT2D eigenvalue weighted by atomic mass is 16.1.